The minimum Gasteiger partial charge on any atom is -1.00 e. The number of likely N-dealkylation sites (tertiary alicyclic amines) is 1. The summed E-state index contributed by atoms with van der Waals surface area (Å²) in [6.45, 7) is 6.12. The lowest BCUT2D eigenvalue weighted by atomic mass is 9.61. The Labute approximate surface area is 159 Å². The molecule has 0 aromatic heterocycles. The van der Waals surface area contributed by atoms with E-state index in [9.17, 15) is 0 Å². The first-order valence-electron chi connectivity index (χ1n) is 9.12. The topological polar surface area (TPSA) is 6.25 Å². The SMILES string of the molecule is CCN1CCCC2C3C=[N+](C)CC3C(c3ccccc3)CC21.Cl.[Cl-]. The predicted molar refractivity (Wildman–Crippen MR) is 98.9 cm³/mol. The summed E-state index contributed by atoms with van der Waals surface area (Å²) in [4.78, 5) is 2.77. The van der Waals surface area contributed by atoms with Crippen LogP contribution < -0.4 is 12.4 Å². The molecule has 1 aromatic carbocycles. The number of piperidine rings is 1. The second-order valence-electron chi connectivity index (χ2n) is 7.58. The van der Waals surface area contributed by atoms with E-state index in [1.807, 2.05) is 0 Å². The molecule has 2 aliphatic heterocycles. The summed E-state index contributed by atoms with van der Waals surface area (Å²) >= 11 is 0. The van der Waals surface area contributed by atoms with E-state index < -0.39 is 0 Å². The van der Waals surface area contributed by atoms with Gasteiger partial charge in [0.25, 0.3) is 0 Å². The van der Waals surface area contributed by atoms with E-state index >= 15 is 0 Å². The molecule has 0 radical (unpaired) electrons. The molecule has 1 aliphatic carbocycles. The van der Waals surface area contributed by atoms with Gasteiger partial charge in [-0.25, -0.2) is 4.58 Å². The summed E-state index contributed by atoms with van der Waals surface area (Å²) in [5, 5.41) is 0. The molecule has 3 aliphatic rings. The van der Waals surface area contributed by atoms with Gasteiger partial charge < -0.3 is 17.3 Å². The number of hydrogen-bond donors (Lipinski definition) is 0. The molecule has 0 amide bonds. The average molecular weight is 369 g/mol. The van der Waals surface area contributed by atoms with Gasteiger partial charge in [-0.2, -0.15) is 0 Å². The first-order chi connectivity index (χ1) is 10.8. The van der Waals surface area contributed by atoms with Crippen LogP contribution >= 0.6 is 12.4 Å². The van der Waals surface area contributed by atoms with Crippen LogP contribution in [-0.2, 0) is 0 Å². The summed E-state index contributed by atoms with van der Waals surface area (Å²) < 4.78 is 2.47. The Morgan fingerprint density at radius 3 is 2.62 bits per heavy atom. The second-order valence-corrected chi connectivity index (χ2v) is 7.58. The molecule has 5 unspecified atom stereocenters. The van der Waals surface area contributed by atoms with Crippen LogP contribution in [0, 0.1) is 17.8 Å². The van der Waals surface area contributed by atoms with E-state index in [1.165, 1.54) is 38.9 Å². The molecular formula is C20H30Cl2N2. The van der Waals surface area contributed by atoms with Gasteiger partial charge in [0.2, 0.25) is 0 Å². The van der Waals surface area contributed by atoms with Gasteiger partial charge >= 0.3 is 0 Å². The molecule has 134 valence electrons. The molecule has 2 nitrogen and oxygen atoms in total. The average Bonchev–Trinajstić information content (AvgIpc) is 2.96. The number of hydrogen-bond acceptors (Lipinski definition) is 1. The fourth-order valence-corrected chi connectivity index (χ4v) is 5.59. The van der Waals surface area contributed by atoms with Gasteiger partial charge in [0.05, 0.1) is 0 Å². The Morgan fingerprint density at radius 1 is 1.17 bits per heavy atom. The lowest BCUT2D eigenvalue weighted by Gasteiger charge is -2.49. The van der Waals surface area contributed by atoms with Crippen molar-refractivity contribution in [2.75, 3.05) is 26.7 Å². The molecule has 1 aromatic rings. The van der Waals surface area contributed by atoms with Crippen molar-refractivity contribution >= 4 is 18.6 Å². The normalized spacial score (nSPS) is 35.1. The first-order valence-corrected chi connectivity index (χ1v) is 9.12. The zero-order valence-corrected chi connectivity index (χ0v) is 16.3. The molecule has 0 N–H and O–H groups in total. The van der Waals surface area contributed by atoms with Crippen LogP contribution in [0.4, 0.5) is 0 Å². The van der Waals surface area contributed by atoms with E-state index in [0.29, 0.717) is 0 Å². The summed E-state index contributed by atoms with van der Waals surface area (Å²) in [6.07, 6.45) is 6.77. The fraction of sp³-hybridized carbons (Fsp3) is 0.650. The van der Waals surface area contributed by atoms with Crippen LogP contribution in [0.3, 0.4) is 0 Å². The number of nitrogens with zero attached hydrogens (tertiary/aromatic N) is 2. The Kier molecular flexibility index (Phi) is 6.75. The van der Waals surface area contributed by atoms with Gasteiger partial charge in [-0.3, -0.25) is 0 Å². The monoisotopic (exact) mass is 368 g/mol. The zero-order valence-electron chi connectivity index (χ0n) is 14.8. The van der Waals surface area contributed by atoms with Gasteiger partial charge in [0.15, 0.2) is 0 Å². The van der Waals surface area contributed by atoms with Crippen LogP contribution in [0.25, 0.3) is 0 Å². The standard InChI is InChI=1S/C20H29N2.2ClH/c1-3-22-11-7-10-16-18-13-21(2)14-19(18)17(12-20(16)22)15-8-5-4-6-9-15;;/h4-6,8-9,13,16-20H,3,7,10-12,14H2,1-2H3;2*1H/q+1;;/p-1. The van der Waals surface area contributed by atoms with Crippen molar-refractivity contribution in [2.45, 2.75) is 38.1 Å². The molecule has 1 saturated carbocycles. The minimum absolute atomic E-state index is 0. The first kappa shape index (κ1) is 19.8. The molecule has 1 saturated heterocycles. The van der Waals surface area contributed by atoms with Crippen molar-refractivity contribution < 1.29 is 17.0 Å². The highest BCUT2D eigenvalue weighted by Gasteiger charge is 2.51. The van der Waals surface area contributed by atoms with Crippen molar-refractivity contribution in [3.05, 3.63) is 35.9 Å². The highest BCUT2D eigenvalue weighted by atomic mass is 35.5. The smallest absolute Gasteiger partial charge is 0.146 e. The lowest BCUT2D eigenvalue weighted by Crippen LogP contribution is -3.00. The lowest BCUT2D eigenvalue weighted by molar-refractivity contribution is -0.490. The molecule has 24 heavy (non-hydrogen) atoms. The van der Waals surface area contributed by atoms with Crippen molar-refractivity contribution in [1.29, 1.82) is 0 Å². The summed E-state index contributed by atoms with van der Waals surface area (Å²) in [5.74, 6) is 3.25. The number of halogens is 2. The van der Waals surface area contributed by atoms with Gasteiger partial charge in [-0.1, -0.05) is 37.3 Å². The maximum Gasteiger partial charge on any atom is 0.146 e. The van der Waals surface area contributed by atoms with Crippen LogP contribution in [-0.4, -0.2) is 48.4 Å². The summed E-state index contributed by atoms with van der Waals surface area (Å²) in [5.41, 5.74) is 1.57. The van der Waals surface area contributed by atoms with Gasteiger partial charge in [0, 0.05) is 17.9 Å². The molecule has 5 atom stereocenters. The van der Waals surface area contributed by atoms with E-state index in [2.05, 4.69) is 60.0 Å². The second kappa shape index (κ2) is 8.21. The Hall–Kier alpha value is -0.570. The predicted octanol–water partition coefficient (Wildman–Crippen LogP) is 0.659. The van der Waals surface area contributed by atoms with E-state index in [-0.39, 0.29) is 24.8 Å². The Bertz CT molecular complexity index is 560. The van der Waals surface area contributed by atoms with Gasteiger partial charge in [0.1, 0.15) is 19.8 Å². The minimum atomic E-state index is 0. The third kappa shape index (κ3) is 3.38. The third-order valence-electron chi connectivity index (χ3n) is 6.51. The van der Waals surface area contributed by atoms with Gasteiger partial charge in [-0.15, -0.1) is 12.4 Å². The van der Waals surface area contributed by atoms with Crippen LogP contribution in [0.1, 0.15) is 37.7 Å². The van der Waals surface area contributed by atoms with Crippen LogP contribution in [0.2, 0.25) is 0 Å². The highest BCUT2D eigenvalue weighted by Crippen LogP contribution is 2.49. The Morgan fingerprint density at radius 2 is 1.92 bits per heavy atom. The zero-order chi connectivity index (χ0) is 15.1. The van der Waals surface area contributed by atoms with E-state index in [0.717, 1.165) is 29.7 Å². The third-order valence-corrected chi connectivity index (χ3v) is 6.51. The maximum absolute atomic E-state index is 2.77. The largest absolute Gasteiger partial charge is 1.00 e. The molecule has 4 heteroatoms. The van der Waals surface area contributed by atoms with Crippen molar-refractivity contribution in [1.82, 2.24) is 4.90 Å². The highest BCUT2D eigenvalue weighted by molar-refractivity contribution is 5.85. The summed E-state index contributed by atoms with van der Waals surface area (Å²) in [6, 6.07) is 12.1. The molecule has 4 rings (SSSR count). The number of fused-ring (bicyclic) bond motifs is 3. The van der Waals surface area contributed by atoms with Crippen LogP contribution in [0.5, 0.6) is 0 Å². The van der Waals surface area contributed by atoms with E-state index in [4.69, 9.17) is 0 Å². The Balaban J connectivity index is 0.00000104. The van der Waals surface area contributed by atoms with Crippen molar-refractivity contribution in [3.8, 4) is 0 Å². The number of rotatable bonds is 2. The molecule has 0 bridgehead atoms. The quantitative estimate of drug-likeness (QED) is 0.695. The fourth-order valence-electron chi connectivity index (χ4n) is 5.59. The molecule has 2 heterocycles. The van der Waals surface area contributed by atoms with Crippen molar-refractivity contribution in [3.63, 3.8) is 0 Å². The van der Waals surface area contributed by atoms with Crippen LogP contribution in [0.15, 0.2) is 30.3 Å². The van der Waals surface area contributed by atoms with E-state index in [1.54, 1.807) is 5.56 Å². The van der Waals surface area contributed by atoms with Gasteiger partial charge in [-0.05, 0) is 49.8 Å². The number of benzene rings is 1. The molecule has 0 spiro atoms. The summed E-state index contributed by atoms with van der Waals surface area (Å²) in [7, 11) is 2.27. The van der Waals surface area contributed by atoms with Crippen molar-refractivity contribution in [2.24, 2.45) is 17.8 Å². The molecule has 2 fully saturated rings. The maximum atomic E-state index is 2.77. The molecular weight excluding hydrogens is 339 g/mol.